The van der Waals surface area contributed by atoms with Crippen LogP contribution in [-0.4, -0.2) is 35.1 Å². The highest BCUT2D eigenvalue weighted by Gasteiger charge is 2.22. The van der Waals surface area contributed by atoms with Crippen LogP contribution in [-0.2, 0) is 4.79 Å². The number of aliphatic hydroxyl groups excluding tert-OH is 1. The van der Waals surface area contributed by atoms with E-state index in [1.54, 1.807) is 29.2 Å². The van der Waals surface area contributed by atoms with Crippen molar-refractivity contribution in [1.82, 2.24) is 4.90 Å². The molecule has 0 aliphatic carbocycles. The van der Waals surface area contributed by atoms with E-state index >= 15 is 0 Å². The number of carbonyl (C=O) groups is 1. The molecule has 1 atom stereocenters. The number of aliphatic hydroxyl groups is 1. The number of β-amino-alcohol motifs (C(OH)–C–C–N with tert-alkyl or cyclic N) is 1. The van der Waals surface area contributed by atoms with Gasteiger partial charge in [-0.05, 0) is 24.1 Å². The number of amides is 1. The Bertz CT molecular complexity index is 488. The molecule has 0 radical (unpaired) electrons. The number of carbonyl (C=O) groups excluding carboxylic acids is 1. The first-order valence-corrected chi connectivity index (χ1v) is 6.42. The van der Waals surface area contributed by atoms with Crippen molar-refractivity contribution >= 4 is 35.2 Å². The fourth-order valence-corrected chi connectivity index (χ4v) is 2.23. The van der Waals surface area contributed by atoms with Gasteiger partial charge in [0.2, 0.25) is 5.91 Å². The van der Waals surface area contributed by atoms with Crippen molar-refractivity contribution in [1.29, 1.82) is 0 Å². The summed E-state index contributed by atoms with van der Waals surface area (Å²) in [6.07, 6.45) is 3.33. The van der Waals surface area contributed by atoms with Crippen LogP contribution >= 0.6 is 23.2 Å². The molecule has 18 heavy (non-hydrogen) atoms. The van der Waals surface area contributed by atoms with Crippen LogP contribution in [0.1, 0.15) is 12.0 Å². The van der Waals surface area contributed by atoms with Gasteiger partial charge in [0.15, 0.2) is 0 Å². The number of hydrogen-bond donors (Lipinski definition) is 1. The van der Waals surface area contributed by atoms with Crippen LogP contribution in [0.15, 0.2) is 24.3 Å². The molecule has 1 aromatic rings. The highest BCUT2D eigenvalue weighted by Crippen LogP contribution is 2.26. The normalized spacial score (nSPS) is 19.7. The van der Waals surface area contributed by atoms with E-state index in [4.69, 9.17) is 23.2 Å². The lowest BCUT2D eigenvalue weighted by Crippen LogP contribution is -2.27. The average Bonchev–Trinajstić information content (AvgIpc) is 2.77. The number of likely N-dealkylation sites (tertiary alicyclic amines) is 1. The van der Waals surface area contributed by atoms with Gasteiger partial charge in [0.25, 0.3) is 0 Å². The Morgan fingerprint density at radius 1 is 1.44 bits per heavy atom. The molecular formula is C13H13Cl2NO2. The highest BCUT2D eigenvalue weighted by molar-refractivity contribution is 6.42. The SMILES string of the molecule is O=C(C=Cc1cccc(Cl)c1Cl)N1CCC(O)C1. The van der Waals surface area contributed by atoms with E-state index in [1.807, 2.05) is 0 Å². The Labute approximate surface area is 116 Å². The van der Waals surface area contributed by atoms with Crippen LogP contribution < -0.4 is 0 Å². The minimum atomic E-state index is -0.405. The van der Waals surface area contributed by atoms with Crippen molar-refractivity contribution in [3.63, 3.8) is 0 Å². The monoisotopic (exact) mass is 285 g/mol. The van der Waals surface area contributed by atoms with Gasteiger partial charge in [0.1, 0.15) is 0 Å². The lowest BCUT2D eigenvalue weighted by molar-refractivity contribution is -0.125. The summed E-state index contributed by atoms with van der Waals surface area (Å²) in [6.45, 7) is 0.986. The average molecular weight is 286 g/mol. The quantitative estimate of drug-likeness (QED) is 0.849. The third kappa shape index (κ3) is 3.05. The third-order valence-corrected chi connectivity index (χ3v) is 3.70. The number of rotatable bonds is 2. The maximum absolute atomic E-state index is 11.8. The predicted octanol–water partition coefficient (Wildman–Crippen LogP) is 2.60. The number of hydrogen-bond acceptors (Lipinski definition) is 2. The second kappa shape index (κ2) is 5.74. The first-order chi connectivity index (χ1) is 8.58. The van der Waals surface area contributed by atoms with Crippen LogP contribution in [0, 0.1) is 0 Å². The summed E-state index contributed by atoms with van der Waals surface area (Å²) in [5.74, 6) is -0.123. The van der Waals surface area contributed by atoms with Crippen molar-refractivity contribution in [2.24, 2.45) is 0 Å². The minimum Gasteiger partial charge on any atom is -0.391 e. The third-order valence-electron chi connectivity index (χ3n) is 2.86. The van der Waals surface area contributed by atoms with Gasteiger partial charge in [0.05, 0.1) is 16.1 Å². The standard InChI is InChI=1S/C13H13Cl2NO2/c14-11-3-1-2-9(13(11)15)4-5-12(18)16-7-6-10(17)8-16/h1-5,10,17H,6-8H2. The number of nitrogens with zero attached hydrogens (tertiary/aromatic N) is 1. The molecule has 1 N–H and O–H groups in total. The largest absolute Gasteiger partial charge is 0.391 e. The molecule has 3 nitrogen and oxygen atoms in total. The fraction of sp³-hybridized carbons (Fsp3) is 0.308. The molecule has 0 bridgehead atoms. The van der Waals surface area contributed by atoms with Gasteiger partial charge in [-0.15, -0.1) is 0 Å². The van der Waals surface area contributed by atoms with Gasteiger partial charge >= 0.3 is 0 Å². The Balaban J connectivity index is 2.06. The zero-order chi connectivity index (χ0) is 13.1. The van der Waals surface area contributed by atoms with Crippen molar-refractivity contribution in [2.75, 3.05) is 13.1 Å². The summed E-state index contributed by atoms with van der Waals surface area (Å²) in [7, 11) is 0. The second-order valence-corrected chi connectivity index (χ2v) is 4.99. The van der Waals surface area contributed by atoms with E-state index in [9.17, 15) is 9.90 Å². The van der Waals surface area contributed by atoms with Crippen molar-refractivity contribution in [3.05, 3.63) is 39.9 Å². The van der Waals surface area contributed by atoms with Crippen molar-refractivity contribution < 1.29 is 9.90 Å². The summed E-state index contributed by atoms with van der Waals surface area (Å²) in [5, 5.41) is 10.3. The first-order valence-electron chi connectivity index (χ1n) is 5.67. The van der Waals surface area contributed by atoms with Crippen molar-refractivity contribution in [3.8, 4) is 0 Å². The maximum atomic E-state index is 11.8. The van der Waals surface area contributed by atoms with Gasteiger partial charge < -0.3 is 10.0 Å². The molecule has 0 aromatic heterocycles. The molecule has 1 amide bonds. The van der Waals surface area contributed by atoms with Crippen LogP contribution in [0.25, 0.3) is 6.08 Å². The molecule has 5 heteroatoms. The molecule has 1 saturated heterocycles. The van der Waals surface area contributed by atoms with Crippen LogP contribution in [0.3, 0.4) is 0 Å². The second-order valence-electron chi connectivity index (χ2n) is 4.20. The van der Waals surface area contributed by atoms with E-state index in [1.165, 1.54) is 6.08 Å². The molecule has 1 aromatic carbocycles. The van der Waals surface area contributed by atoms with Gasteiger partial charge in [-0.3, -0.25) is 4.79 Å². The maximum Gasteiger partial charge on any atom is 0.246 e. The molecule has 2 rings (SSSR count). The molecule has 96 valence electrons. The topological polar surface area (TPSA) is 40.5 Å². The van der Waals surface area contributed by atoms with E-state index < -0.39 is 6.10 Å². The Morgan fingerprint density at radius 2 is 2.22 bits per heavy atom. The highest BCUT2D eigenvalue weighted by atomic mass is 35.5. The lowest BCUT2D eigenvalue weighted by Gasteiger charge is -2.12. The Kier molecular flexibility index (Phi) is 4.27. The minimum absolute atomic E-state index is 0.123. The summed E-state index contributed by atoms with van der Waals surface area (Å²) < 4.78 is 0. The molecule has 0 saturated carbocycles. The Morgan fingerprint density at radius 3 is 2.89 bits per heavy atom. The molecule has 0 spiro atoms. The van der Waals surface area contributed by atoms with Crippen LogP contribution in [0.2, 0.25) is 10.0 Å². The number of benzene rings is 1. The molecule has 1 aliphatic heterocycles. The van der Waals surface area contributed by atoms with E-state index in [2.05, 4.69) is 0 Å². The van der Waals surface area contributed by atoms with Gasteiger partial charge in [0, 0.05) is 19.2 Å². The first kappa shape index (κ1) is 13.4. The van der Waals surface area contributed by atoms with Gasteiger partial charge in [-0.2, -0.15) is 0 Å². The molecule has 1 aliphatic rings. The summed E-state index contributed by atoms with van der Waals surface area (Å²) in [5.41, 5.74) is 0.706. The lowest BCUT2D eigenvalue weighted by atomic mass is 10.2. The summed E-state index contributed by atoms with van der Waals surface area (Å²) in [6, 6.07) is 5.26. The smallest absolute Gasteiger partial charge is 0.246 e. The van der Waals surface area contributed by atoms with Gasteiger partial charge in [-0.25, -0.2) is 0 Å². The molecular weight excluding hydrogens is 273 g/mol. The van der Waals surface area contributed by atoms with Crippen molar-refractivity contribution in [2.45, 2.75) is 12.5 Å². The zero-order valence-electron chi connectivity index (χ0n) is 9.64. The Hall–Kier alpha value is -1.03. The van der Waals surface area contributed by atoms with E-state index in [-0.39, 0.29) is 5.91 Å². The molecule has 1 heterocycles. The summed E-state index contributed by atoms with van der Waals surface area (Å²) in [4.78, 5) is 13.4. The summed E-state index contributed by atoms with van der Waals surface area (Å²) >= 11 is 11.9. The number of halogens is 2. The van der Waals surface area contributed by atoms with Crippen LogP contribution in [0.4, 0.5) is 0 Å². The fourth-order valence-electron chi connectivity index (χ4n) is 1.86. The predicted molar refractivity (Wildman–Crippen MR) is 72.7 cm³/mol. The molecule has 1 unspecified atom stereocenters. The van der Waals surface area contributed by atoms with Gasteiger partial charge in [-0.1, -0.05) is 35.3 Å². The molecule has 1 fully saturated rings. The van der Waals surface area contributed by atoms with Crippen LogP contribution in [0.5, 0.6) is 0 Å². The zero-order valence-corrected chi connectivity index (χ0v) is 11.2. The van der Waals surface area contributed by atoms with E-state index in [0.717, 1.165) is 0 Å². The van der Waals surface area contributed by atoms with E-state index in [0.29, 0.717) is 35.1 Å².